The second kappa shape index (κ2) is 11.6. The van der Waals surface area contributed by atoms with E-state index in [0.29, 0.717) is 0 Å². The molecule has 1 unspecified atom stereocenters. The number of aromatic nitrogens is 4. The number of aromatic amines is 1. The Bertz CT molecular complexity index is 737. The fraction of sp³-hybridized carbons (Fsp3) is 0.476. The molecular formula is C21H31N5S. The van der Waals surface area contributed by atoms with E-state index in [1.165, 1.54) is 11.1 Å². The summed E-state index contributed by atoms with van der Waals surface area (Å²) < 4.78 is 0. The van der Waals surface area contributed by atoms with Gasteiger partial charge in [0, 0.05) is 17.7 Å². The van der Waals surface area contributed by atoms with E-state index < -0.39 is 0 Å². The van der Waals surface area contributed by atoms with Crippen LogP contribution in [-0.4, -0.2) is 31.9 Å². The fourth-order valence-corrected chi connectivity index (χ4v) is 3.60. The van der Waals surface area contributed by atoms with Crippen LogP contribution in [0.1, 0.15) is 57.3 Å². The molecule has 0 aliphatic carbocycles. The van der Waals surface area contributed by atoms with E-state index in [2.05, 4.69) is 71.6 Å². The number of hydrogen-bond acceptors (Lipinski definition) is 5. The number of aryl methyl sites for hydroxylation is 1. The number of H-pyrrole nitrogens is 1. The molecule has 0 bridgehead atoms. The third-order valence-electron chi connectivity index (χ3n) is 4.55. The van der Waals surface area contributed by atoms with Crippen molar-refractivity contribution in [3.8, 4) is 0 Å². The lowest BCUT2D eigenvalue weighted by molar-refractivity contribution is 0.820. The van der Waals surface area contributed by atoms with Gasteiger partial charge in [0.15, 0.2) is 0 Å². The highest BCUT2D eigenvalue weighted by Gasteiger charge is 2.15. The molecule has 27 heavy (non-hydrogen) atoms. The summed E-state index contributed by atoms with van der Waals surface area (Å²) in [5, 5.41) is 14.3. The molecule has 146 valence electrons. The van der Waals surface area contributed by atoms with Gasteiger partial charge in [0.05, 0.1) is 17.9 Å². The van der Waals surface area contributed by atoms with Crippen LogP contribution < -0.4 is 5.32 Å². The summed E-state index contributed by atoms with van der Waals surface area (Å²) in [6.07, 6.45) is 11.7. The van der Waals surface area contributed by atoms with Crippen LogP contribution in [-0.2, 0) is 0 Å². The highest BCUT2D eigenvalue weighted by molar-refractivity contribution is 7.99. The highest BCUT2D eigenvalue weighted by atomic mass is 32.2. The number of hydrogen-bond donors (Lipinski definition) is 2. The van der Waals surface area contributed by atoms with Gasteiger partial charge >= 0.3 is 0 Å². The first-order valence-electron chi connectivity index (χ1n) is 9.53. The lowest BCUT2D eigenvalue weighted by Gasteiger charge is -2.18. The van der Waals surface area contributed by atoms with Crippen molar-refractivity contribution >= 4 is 17.6 Å². The van der Waals surface area contributed by atoms with Gasteiger partial charge in [-0.2, -0.15) is 11.8 Å². The van der Waals surface area contributed by atoms with Gasteiger partial charge in [0.25, 0.3) is 0 Å². The molecule has 2 aromatic rings. The standard InChI is InChI=1S/C21H31N5S/c1-5-16(2)8-6-9-17(3)11-13-27-15-20(19-14-23-26-25-19)24-21-18(4)10-7-12-22-21/h7-8,10-12,14,20H,5-6,9,13,15H2,1-4H3,(H,22,24)(H,23,25,26)/b16-8+,17-11+. The predicted molar refractivity (Wildman–Crippen MR) is 116 cm³/mol. The predicted octanol–water partition coefficient (Wildman–Crippen LogP) is 5.48. The Hall–Kier alpha value is -2.08. The zero-order valence-corrected chi connectivity index (χ0v) is 17.6. The summed E-state index contributed by atoms with van der Waals surface area (Å²) >= 11 is 1.90. The molecule has 0 aliphatic heterocycles. The highest BCUT2D eigenvalue weighted by Crippen LogP contribution is 2.23. The van der Waals surface area contributed by atoms with Crippen molar-refractivity contribution in [1.82, 2.24) is 20.4 Å². The van der Waals surface area contributed by atoms with Crippen molar-refractivity contribution in [3.63, 3.8) is 0 Å². The lowest BCUT2D eigenvalue weighted by Crippen LogP contribution is -2.16. The second-order valence-electron chi connectivity index (χ2n) is 6.81. The first kappa shape index (κ1) is 21.2. The second-order valence-corrected chi connectivity index (χ2v) is 7.88. The smallest absolute Gasteiger partial charge is 0.129 e. The molecule has 2 aromatic heterocycles. The van der Waals surface area contributed by atoms with Gasteiger partial charge in [-0.05, 0) is 51.7 Å². The summed E-state index contributed by atoms with van der Waals surface area (Å²) in [7, 11) is 0. The largest absolute Gasteiger partial charge is 0.361 e. The van der Waals surface area contributed by atoms with E-state index >= 15 is 0 Å². The molecule has 6 heteroatoms. The van der Waals surface area contributed by atoms with E-state index in [9.17, 15) is 0 Å². The Morgan fingerprint density at radius 2 is 2.15 bits per heavy atom. The molecule has 0 amide bonds. The van der Waals surface area contributed by atoms with Gasteiger partial charge in [-0.1, -0.05) is 41.5 Å². The van der Waals surface area contributed by atoms with Gasteiger partial charge < -0.3 is 5.32 Å². The Labute approximate surface area is 167 Å². The lowest BCUT2D eigenvalue weighted by atomic mass is 10.1. The van der Waals surface area contributed by atoms with Crippen LogP contribution in [0.4, 0.5) is 5.82 Å². The normalized spacial score (nSPS) is 13.6. The third-order valence-corrected chi connectivity index (χ3v) is 5.52. The first-order valence-corrected chi connectivity index (χ1v) is 10.7. The maximum atomic E-state index is 4.45. The molecular weight excluding hydrogens is 354 g/mol. The molecule has 0 aliphatic rings. The third kappa shape index (κ3) is 7.59. The summed E-state index contributed by atoms with van der Waals surface area (Å²) in [5.41, 5.74) is 5.04. The van der Waals surface area contributed by atoms with E-state index in [-0.39, 0.29) is 6.04 Å². The molecule has 5 nitrogen and oxygen atoms in total. The monoisotopic (exact) mass is 385 g/mol. The van der Waals surface area contributed by atoms with Crippen molar-refractivity contribution in [3.05, 3.63) is 59.1 Å². The van der Waals surface area contributed by atoms with Crippen molar-refractivity contribution in [1.29, 1.82) is 0 Å². The molecule has 0 fully saturated rings. The zero-order chi connectivity index (χ0) is 19.5. The SMILES string of the molecule is CC/C(C)=C/CC/C(C)=C/CSCC(Nc1ncccc1C)c1cnn[nH]1. The van der Waals surface area contributed by atoms with Gasteiger partial charge in [-0.15, -0.1) is 5.10 Å². The van der Waals surface area contributed by atoms with Crippen molar-refractivity contribution in [2.45, 2.75) is 53.0 Å². The zero-order valence-electron chi connectivity index (χ0n) is 16.8. The van der Waals surface area contributed by atoms with Crippen LogP contribution in [0.15, 0.2) is 47.8 Å². The molecule has 2 rings (SSSR count). The molecule has 1 atom stereocenters. The fourth-order valence-electron chi connectivity index (χ4n) is 2.57. The summed E-state index contributed by atoms with van der Waals surface area (Å²) in [6.45, 7) is 8.69. The number of allylic oxidation sites excluding steroid dienone is 3. The van der Waals surface area contributed by atoms with Crippen molar-refractivity contribution in [2.75, 3.05) is 16.8 Å². The minimum atomic E-state index is 0.0995. The average Bonchev–Trinajstić information content (AvgIpc) is 3.20. The molecule has 0 aromatic carbocycles. The van der Waals surface area contributed by atoms with Crippen LogP contribution in [0, 0.1) is 6.92 Å². The van der Waals surface area contributed by atoms with E-state index in [4.69, 9.17) is 0 Å². The number of thioether (sulfide) groups is 1. The summed E-state index contributed by atoms with van der Waals surface area (Å²) in [6, 6.07) is 4.11. The van der Waals surface area contributed by atoms with Crippen LogP contribution in [0.3, 0.4) is 0 Å². The molecule has 0 spiro atoms. The minimum absolute atomic E-state index is 0.0995. The van der Waals surface area contributed by atoms with Crippen LogP contribution in [0.5, 0.6) is 0 Å². The molecule has 0 saturated carbocycles. The van der Waals surface area contributed by atoms with Crippen LogP contribution in [0.25, 0.3) is 0 Å². The van der Waals surface area contributed by atoms with E-state index in [1.807, 2.05) is 24.0 Å². The average molecular weight is 386 g/mol. The number of nitrogens with one attached hydrogen (secondary N) is 2. The molecule has 0 radical (unpaired) electrons. The topological polar surface area (TPSA) is 66.5 Å². The van der Waals surface area contributed by atoms with Crippen LogP contribution >= 0.6 is 11.8 Å². The Kier molecular flexibility index (Phi) is 9.11. The van der Waals surface area contributed by atoms with Gasteiger partial charge in [-0.3, -0.25) is 5.10 Å². The maximum absolute atomic E-state index is 4.45. The van der Waals surface area contributed by atoms with Gasteiger partial charge in [0.1, 0.15) is 5.82 Å². The minimum Gasteiger partial charge on any atom is -0.361 e. The Balaban J connectivity index is 1.86. The summed E-state index contributed by atoms with van der Waals surface area (Å²) in [4.78, 5) is 4.45. The molecule has 0 saturated heterocycles. The van der Waals surface area contributed by atoms with Gasteiger partial charge in [-0.25, -0.2) is 4.98 Å². The Morgan fingerprint density at radius 1 is 1.30 bits per heavy atom. The van der Waals surface area contributed by atoms with Crippen molar-refractivity contribution in [2.24, 2.45) is 0 Å². The first-order chi connectivity index (χ1) is 13.1. The quantitative estimate of drug-likeness (QED) is 0.396. The molecule has 2 N–H and O–H groups in total. The van der Waals surface area contributed by atoms with Gasteiger partial charge in [0.2, 0.25) is 0 Å². The molecule has 2 heterocycles. The number of pyridine rings is 1. The maximum Gasteiger partial charge on any atom is 0.129 e. The number of rotatable bonds is 11. The Morgan fingerprint density at radius 3 is 2.85 bits per heavy atom. The van der Waals surface area contributed by atoms with E-state index in [1.54, 1.807) is 6.20 Å². The van der Waals surface area contributed by atoms with Crippen molar-refractivity contribution < 1.29 is 0 Å². The number of anilines is 1. The van der Waals surface area contributed by atoms with E-state index in [0.717, 1.165) is 47.8 Å². The van der Waals surface area contributed by atoms with Crippen LogP contribution in [0.2, 0.25) is 0 Å². The summed E-state index contributed by atoms with van der Waals surface area (Å²) in [5.74, 6) is 2.82. The number of nitrogens with zero attached hydrogens (tertiary/aromatic N) is 3.